The van der Waals surface area contributed by atoms with E-state index in [2.05, 4.69) is 13.0 Å². The molecule has 4 heteroatoms. The van der Waals surface area contributed by atoms with Gasteiger partial charge in [0.05, 0.1) is 13.2 Å². The highest BCUT2D eigenvalue weighted by atomic mass is 16.5. The van der Waals surface area contributed by atoms with Gasteiger partial charge < -0.3 is 9.53 Å². The summed E-state index contributed by atoms with van der Waals surface area (Å²) in [6.45, 7) is 2.12. The first kappa shape index (κ1) is 16.3. The summed E-state index contributed by atoms with van der Waals surface area (Å²) in [6.07, 6.45) is 7.47. The number of rotatable bonds is 5. The molecule has 0 spiro atoms. The number of benzene rings is 1. The summed E-state index contributed by atoms with van der Waals surface area (Å²) in [5.41, 5.74) is 0.744. The molecule has 0 saturated heterocycles. The third-order valence-corrected chi connectivity index (χ3v) is 4.23. The molecule has 0 N–H and O–H groups in total. The topological polar surface area (TPSA) is 46.6 Å². The first-order valence-corrected chi connectivity index (χ1v) is 7.77. The van der Waals surface area contributed by atoms with Crippen LogP contribution in [0.5, 0.6) is 0 Å². The smallest absolute Gasteiger partial charge is 0.414 e. The van der Waals surface area contributed by atoms with Crippen LogP contribution >= 0.6 is 0 Å². The van der Waals surface area contributed by atoms with Gasteiger partial charge in [0.2, 0.25) is 0 Å². The average Bonchev–Trinajstić information content (AvgIpc) is 2.56. The molecule has 3 atom stereocenters. The van der Waals surface area contributed by atoms with Crippen molar-refractivity contribution in [1.82, 2.24) is 0 Å². The molecule has 1 aromatic carbocycles. The number of hydrogen-bond acceptors (Lipinski definition) is 3. The van der Waals surface area contributed by atoms with Gasteiger partial charge in [0.1, 0.15) is 6.29 Å². The summed E-state index contributed by atoms with van der Waals surface area (Å²) in [6, 6.07) is 9.06. The normalized spacial score (nSPS) is 23.8. The fraction of sp³-hybridized carbons (Fsp3) is 0.444. The molecule has 4 nitrogen and oxygen atoms in total. The van der Waals surface area contributed by atoms with E-state index in [4.69, 9.17) is 4.74 Å². The van der Waals surface area contributed by atoms with E-state index in [0.717, 1.165) is 31.2 Å². The fourth-order valence-corrected chi connectivity index (χ4v) is 3.17. The van der Waals surface area contributed by atoms with E-state index < -0.39 is 6.09 Å². The zero-order valence-corrected chi connectivity index (χ0v) is 13.1. The maximum Gasteiger partial charge on any atom is 0.414 e. The summed E-state index contributed by atoms with van der Waals surface area (Å²) in [5.74, 6) is 0.0672. The molecule has 1 aliphatic rings. The Morgan fingerprint density at radius 1 is 1.36 bits per heavy atom. The van der Waals surface area contributed by atoms with Crippen LogP contribution in [-0.2, 0) is 9.53 Å². The lowest BCUT2D eigenvalue weighted by Crippen LogP contribution is -2.47. The van der Waals surface area contributed by atoms with Crippen LogP contribution < -0.4 is 4.90 Å². The lowest BCUT2D eigenvalue weighted by Gasteiger charge is -2.38. The van der Waals surface area contributed by atoms with E-state index in [1.165, 1.54) is 7.11 Å². The fourth-order valence-electron chi connectivity index (χ4n) is 3.17. The lowest BCUT2D eigenvalue weighted by atomic mass is 9.77. The van der Waals surface area contributed by atoms with Crippen LogP contribution in [0, 0.1) is 11.8 Å². The Morgan fingerprint density at radius 2 is 2.09 bits per heavy atom. The van der Waals surface area contributed by atoms with Gasteiger partial charge in [-0.2, -0.15) is 0 Å². The predicted molar refractivity (Wildman–Crippen MR) is 86.8 cm³/mol. The molecule has 1 amide bonds. The molecule has 1 aliphatic carbocycles. The number of para-hydroxylation sites is 1. The van der Waals surface area contributed by atoms with E-state index in [1.54, 1.807) is 4.90 Å². The number of carbonyl (C=O) groups is 2. The van der Waals surface area contributed by atoms with Crippen molar-refractivity contribution in [2.24, 2.45) is 11.8 Å². The molecular weight excluding hydrogens is 278 g/mol. The van der Waals surface area contributed by atoms with Crippen LogP contribution in [-0.4, -0.2) is 25.5 Å². The van der Waals surface area contributed by atoms with Crippen molar-refractivity contribution >= 4 is 18.1 Å². The lowest BCUT2D eigenvalue weighted by molar-refractivity contribution is -0.113. The Kier molecular flexibility index (Phi) is 5.75. The van der Waals surface area contributed by atoms with E-state index in [0.29, 0.717) is 0 Å². The van der Waals surface area contributed by atoms with Crippen LogP contribution in [0.25, 0.3) is 0 Å². The molecule has 2 rings (SSSR count). The molecule has 0 aromatic heterocycles. The molecule has 1 aromatic rings. The number of nitrogens with zero attached hydrogens (tertiary/aromatic N) is 1. The van der Waals surface area contributed by atoms with Gasteiger partial charge in [-0.15, -0.1) is 0 Å². The van der Waals surface area contributed by atoms with Gasteiger partial charge in [-0.05, 0) is 30.9 Å². The molecular formula is C18H23NO3. The largest absolute Gasteiger partial charge is 0.452 e. The second-order valence-electron chi connectivity index (χ2n) is 5.59. The molecule has 0 heterocycles. The summed E-state index contributed by atoms with van der Waals surface area (Å²) in [4.78, 5) is 25.6. The first-order chi connectivity index (χ1) is 10.7. The third kappa shape index (κ3) is 3.38. The van der Waals surface area contributed by atoms with E-state index in [9.17, 15) is 9.59 Å². The molecule has 3 unspecified atom stereocenters. The Balaban J connectivity index is 2.37. The number of ether oxygens (including phenoxy) is 1. The van der Waals surface area contributed by atoms with Crippen molar-refractivity contribution in [3.8, 4) is 0 Å². The molecule has 0 fully saturated rings. The van der Waals surface area contributed by atoms with Crippen molar-refractivity contribution in [2.45, 2.75) is 32.2 Å². The van der Waals surface area contributed by atoms with Gasteiger partial charge in [0.15, 0.2) is 0 Å². The quantitative estimate of drug-likeness (QED) is 0.613. The highest BCUT2D eigenvalue weighted by Crippen LogP contribution is 2.33. The number of allylic oxidation sites excluding steroid dienone is 1. The van der Waals surface area contributed by atoms with Gasteiger partial charge in [0, 0.05) is 11.6 Å². The SMILES string of the molecule is CCCC1CC=CC(N(C(=O)OC)c2ccccc2)C1C=O. The van der Waals surface area contributed by atoms with Crippen LogP contribution in [0.1, 0.15) is 26.2 Å². The highest BCUT2D eigenvalue weighted by molar-refractivity contribution is 5.89. The summed E-state index contributed by atoms with van der Waals surface area (Å²) in [5, 5.41) is 0. The van der Waals surface area contributed by atoms with Gasteiger partial charge in [-0.1, -0.05) is 43.7 Å². The maximum absolute atomic E-state index is 12.3. The van der Waals surface area contributed by atoms with Gasteiger partial charge in [-0.3, -0.25) is 4.90 Å². The van der Waals surface area contributed by atoms with Gasteiger partial charge >= 0.3 is 6.09 Å². The molecule has 0 radical (unpaired) electrons. The number of methoxy groups -OCH3 is 1. The molecule has 0 aliphatic heterocycles. The van der Waals surface area contributed by atoms with Crippen molar-refractivity contribution < 1.29 is 14.3 Å². The number of anilines is 1. The Bertz CT molecular complexity index is 526. The molecule has 22 heavy (non-hydrogen) atoms. The second-order valence-corrected chi connectivity index (χ2v) is 5.59. The molecule has 0 saturated carbocycles. The Morgan fingerprint density at radius 3 is 2.68 bits per heavy atom. The standard InChI is InChI=1S/C18H23NO3/c1-3-8-14-9-7-12-17(16(14)13-20)19(18(21)22-2)15-10-5-4-6-11-15/h4-7,10-14,16-17H,3,8-9H2,1-2H3. The van der Waals surface area contributed by atoms with E-state index in [1.807, 2.05) is 36.4 Å². The zero-order valence-electron chi connectivity index (χ0n) is 13.1. The monoisotopic (exact) mass is 301 g/mol. The second kappa shape index (κ2) is 7.78. The number of carbonyl (C=O) groups excluding carboxylic acids is 2. The van der Waals surface area contributed by atoms with Crippen LogP contribution in [0.4, 0.5) is 10.5 Å². The van der Waals surface area contributed by atoms with Crippen molar-refractivity contribution in [3.63, 3.8) is 0 Å². The van der Waals surface area contributed by atoms with Crippen LogP contribution in [0.15, 0.2) is 42.5 Å². The minimum atomic E-state index is -0.440. The van der Waals surface area contributed by atoms with E-state index in [-0.39, 0.29) is 17.9 Å². The summed E-state index contributed by atoms with van der Waals surface area (Å²) >= 11 is 0. The Hall–Kier alpha value is -2.10. The number of amides is 1. The predicted octanol–water partition coefficient (Wildman–Crippen LogP) is 3.82. The van der Waals surface area contributed by atoms with Crippen molar-refractivity contribution in [1.29, 1.82) is 0 Å². The van der Waals surface area contributed by atoms with Gasteiger partial charge in [-0.25, -0.2) is 4.79 Å². The maximum atomic E-state index is 12.3. The summed E-state index contributed by atoms with van der Waals surface area (Å²) in [7, 11) is 1.37. The summed E-state index contributed by atoms with van der Waals surface area (Å²) < 4.78 is 4.95. The molecule has 118 valence electrons. The van der Waals surface area contributed by atoms with Crippen molar-refractivity contribution in [3.05, 3.63) is 42.5 Å². The molecule has 0 bridgehead atoms. The van der Waals surface area contributed by atoms with Crippen LogP contribution in [0.2, 0.25) is 0 Å². The Labute approximate surface area is 131 Å². The minimum absolute atomic E-state index is 0.204. The van der Waals surface area contributed by atoms with Crippen molar-refractivity contribution in [2.75, 3.05) is 12.0 Å². The third-order valence-electron chi connectivity index (χ3n) is 4.23. The van der Waals surface area contributed by atoms with Gasteiger partial charge in [0.25, 0.3) is 0 Å². The average molecular weight is 301 g/mol. The van der Waals surface area contributed by atoms with E-state index >= 15 is 0 Å². The zero-order chi connectivity index (χ0) is 15.9. The van der Waals surface area contributed by atoms with Crippen LogP contribution in [0.3, 0.4) is 0 Å². The first-order valence-electron chi connectivity index (χ1n) is 7.77. The minimum Gasteiger partial charge on any atom is -0.452 e. The highest BCUT2D eigenvalue weighted by Gasteiger charge is 2.36. The number of aldehydes is 1. The number of hydrogen-bond donors (Lipinski definition) is 0.